The Labute approximate surface area is 180 Å². The Kier molecular flexibility index (Phi) is 7.40. The molecule has 0 unspecified atom stereocenters. The highest BCUT2D eigenvalue weighted by Gasteiger charge is 2.18. The van der Waals surface area contributed by atoms with Crippen LogP contribution < -0.4 is 15.4 Å². The number of sulfonamides is 1. The quantitative estimate of drug-likeness (QED) is 0.572. The second kappa shape index (κ2) is 9.61. The van der Waals surface area contributed by atoms with Gasteiger partial charge < -0.3 is 10.1 Å². The van der Waals surface area contributed by atoms with E-state index in [-0.39, 0.29) is 11.4 Å². The van der Waals surface area contributed by atoms with Gasteiger partial charge in [-0.25, -0.2) is 17.6 Å². The van der Waals surface area contributed by atoms with Gasteiger partial charge in [0.05, 0.1) is 17.6 Å². The molecule has 0 bridgehead atoms. The Morgan fingerprint density at radius 2 is 1.65 bits per heavy atom. The molecule has 0 radical (unpaired) electrons. The van der Waals surface area contributed by atoms with Crippen LogP contribution in [0, 0.1) is 5.82 Å². The largest absolute Gasteiger partial charge is 0.444 e. The van der Waals surface area contributed by atoms with E-state index in [1.807, 2.05) is 0 Å². The maximum atomic E-state index is 13.7. The van der Waals surface area contributed by atoms with Gasteiger partial charge in [0.15, 0.2) is 0 Å². The molecule has 2 amide bonds. The van der Waals surface area contributed by atoms with Gasteiger partial charge in [0.1, 0.15) is 11.4 Å². The molecule has 0 aliphatic rings. The van der Waals surface area contributed by atoms with Crippen LogP contribution in [-0.4, -0.2) is 32.3 Å². The number of benzene rings is 2. The van der Waals surface area contributed by atoms with Gasteiger partial charge in [-0.3, -0.25) is 14.8 Å². The van der Waals surface area contributed by atoms with Crippen molar-refractivity contribution in [2.75, 3.05) is 21.6 Å². The maximum absolute atomic E-state index is 13.7. The minimum atomic E-state index is -3.38. The summed E-state index contributed by atoms with van der Waals surface area (Å²) in [5.41, 5.74) is 0.548. The molecule has 0 aliphatic heterocycles. The fourth-order valence-corrected chi connectivity index (χ4v) is 2.93. The molecule has 0 saturated carbocycles. The predicted octanol–water partition coefficient (Wildman–Crippen LogP) is 4.20. The van der Waals surface area contributed by atoms with E-state index in [0.29, 0.717) is 11.3 Å². The summed E-state index contributed by atoms with van der Waals surface area (Å²) in [5.74, 6) is -1.15. The number of amides is 2. The number of halogens is 1. The summed E-state index contributed by atoms with van der Waals surface area (Å²) in [6, 6.07) is 9.87. The highest BCUT2D eigenvalue weighted by atomic mass is 32.2. The Morgan fingerprint density at radius 1 is 1.00 bits per heavy atom. The van der Waals surface area contributed by atoms with Crippen molar-refractivity contribution in [3.8, 4) is 0 Å². The molecule has 0 saturated heterocycles. The number of hydrogen-bond donors (Lipinski definition) is 3. The van der Waals surface area contributed by atoms with Gasteiger partial charge in [-0.05, 0) is 62.7 Å². The second-order valence-corrected chi connectivity index (χ2v) is 9.38. The van der Waals surface area contributed by atoms with Crippen LogP contribution in [0.3, 0.4) is 0 Å². The van der Waals surface area contributed by atoms with Crippen molar-refractivity contribution in [1.29, 1.82) is 0 Å². The summed E-state index contributed by atoms with van der Waals surface area (Å²) in [7, 11) is -3.38. The van der Waals surface area contributed by atoms with Gasteiger partial charge in [-0.1, -0.05) is 12.1 Å². The number of carbonyl (C=O) groups is 2. The van der Waals surface area contributed by atoms with Crippen LogP contribution >= 0.6 is 0 Å². The zero-order chi connectivity index (χ0) is 23.2. The molecule has 8 nitrogen and oxygen atoms in total. The van der Waals surface area contributed by atoms with Crippen LogP contribution in [-0.2, 0) is 19.6 Å². The van der Waals surface area contributed by atoms with E-state index in [2.05, 4.69) is 15.4 Å². The van der Waals surface area contributed by atoms with E-state index >= 15 is 0 Å². The van der Waals surface area contributed by atoms with Gasteiger partial charge in [-0.2, -0.15) is 0 Å². The van der Waals surface area contributed by atoms with Crippen molar-refractivity contribution in [1.82, 2.24) is 0 Å². The third-order valence-electron chi connectivity index (χ3n) is 3.52. The lowest BCUT2D eigenvalue weighted by molar-refractivity contribution is -0.111. The molecule has 0 aliphatic carbocycles. The van der Waals surface area contributed by atoms with Crippen LogP contribution in [0.4, 0.5) is 26.2 Å². The summed E-state index contributed by atoms with van der Waals surface area (Å²) in [4.78, 5) is 24.2. The first-order valence-electron chi connectivity index (χ1n) is 9.17. The van der Waals surface area contributed by atoms with E-state index in [0.717, 1.165) is 18.4 Å². The number of nitrogens with one attached hydrogen (secondary N) is 3. The van der Waals surface area contributed by atoms with Gasteiger partial charge in [-0.15, -0.1) is 0 Å². The lowest BCUT2D eigenvalue weighted by Crippen LogP contribution is -2.27. The Balaban J connectivity index is 2.07. The van der Waals surface area contributed by atoms with Gasteiger partial charge in [0.2, 0.25) is 15.9 Å². The topological polar surface area (TPSA) is 114 Å². The number of hydrogen-bond acceptors (Lipinski definition) is 5. The third-order valence-corrected chi connectivity index (χ3v) is 4.12. The first kappa shape index (κ1) is 23.9. The first-order valence-corrected chi connectivity index (χ1v) is 11.1. The lowest BCUT2D eigenvalue weighted by Gasteiger charge is -2.20. The molecule has 0 heterocycles. The molecule has 10 heteroatoms. The number of anilines is 3. The minimum absolute atomic E-state index is 0.0632. The van der Waals surface area contributed by atoms with E-state index < -0.39 is 33.4 Å². The highest BCUT2D eigenvalue weighted by Crippen LogP contribution is 2.24. The standard InChI is InChI=1S/C21H24FN3O5S/c1-21(2,3)30-20(27)24-17-11-8-15(22)13-18(17)23-19(26)12-7-14-5-9-16(10-6-14)25-31(4,28)29/h5-13,25H,1-4H3,(H,23,26)(H,24,27)/b12-7+. The van der Waals surface area contributed by atoms with E-state index in [1.165, 1.54) is 18.2 Å². The van der Waals surface area contributed by atoms with Crippen molar-refractivity contribution >= 4 is 45.2 Å². The normalized spacial score (nSPS) is 11.8. The average Bonchev–Trinajstić information content (AvgIpc) is 2.60. The first-order chi connectivity index (χ1) is 14.3. The SMILES string of the molecule is CC(C)(C)OC(=O)Nc1ccc(F)cc1NC(=O)/C=C/c1ccc(NS(C)(=O)=O)cc1. The Hall–Kier alpha value is -3.40. The Morgan fingerprint density at radius 3 is 2.23 bits per heavy atom. The lowest BCUT2D eigenvalue weighted by atomic mass is 10.2. The Bertz CT molecular complexity index is 1090. The molecule has 2 aromatic carbocycles. The fraction of sp³-hybridized carbons (Fsp3) is 0.238. The van der Waals surface area contributed by atoms with Crippen LogP contribution in [0.25, 0.3) is 6.08 Å². The van der Waals surface area contributed by atoms with Crippen molar-refractivity contribution in [3.63, 3.8) is 0 Å². The molecule has 0 atom stereocenters. The van der Waals surface area contributed by atoms with Gasteiger partial charge in [0.25, 0.3) is 0 Å². The third kappa shape index (κ3) is 8.87. The van der Waals surface area contributed by atoms with Crippen molar-refractivity contribution < 1.29 is 27.1 Å². The summed E-state index contributed by atoms with van der Waals surface area (Å²) in [6.07, 6.45) is 3.03. The summed E-state index contributed by atoms with van der Waals surface area (Å²) < 4.78 is 43.6. The van der Waals surface area contributed by atoms with Crippen LogP contribution in [0.2, 0.25) is 0 Å². The number of rotatable bonds is 6. The van der Waals surface area contributed by atoms with Crippen molar-refractivity contribution in [2.24, 2.45) is 0 Å². The average molecular weight is 450 g/mol. The molecular formula is C21H24FN3O5S. The zero-order valence-corrected chi connectivity index (χ0v) is 18.3. The van der Waals surface area contributed by atoms with Gasteiger partial charge >= 0.3 is 6.09 Å². The molecular weight excluding hydrogens is 425 g/mol. The zero-order valence-electron chi connectivity index (χ0n) is 17.5. The molecule has 2 aromatic rings. The molecule has 0 fully saturated rings. The smallest absolute Gasteiger partial charge is 0.412 e. The van der Waals surface area contributed by atoms with E-state index in [1.54, 1.807) is 45.0 Å². The summed E-state index contributed by atoms with van der Waals surface area (Å²) in [6.45, 7) is 5.11. The molecule has 3 N–H and O–H groups in total. The summed E-state index contributed by atoms with van der Waals surface area (Å²) >= 11 is 0. The number of carbonyl (C=O) groups excluding carboxylic acids is 2. The van der Waals surface area contributed by atoms with Gasteiger partial charge in [0, 0.05) is 11.8 Å². The summed E-state index contributed by atoms with van der Waals surface area (Å²) in [5, 5.41) is 4.98. The van der Waals surface area contributed by atoms with Crippen molar-refractivity contribution in [2.45, 2.75) is 26.4 Å². The highest BCUT2D eigenvalue weighted by molar-refractivity contribution is 7.92. The van der Waals surface area contributed by atoms with E-state index in [4.69, 9.17) is 4.74 Å². The van der Waals surface area contributed by atoms with Crippen LogP contribution in [0.1, 0.15) is 26.3 Å². The van der Waals surface area contributed by atoms with Crippen molar-refractivity contribution in [3.05, 3.63) is 59.9 Å². The monoisotopic (exact) mass is 449 g/mol. The van der Waals surface area contributed by atoms with Crippen LogP contribution in [0.5, 0.6) is 0 Å². The predicted molar refractivity (Wildman–Crippen MR) is 119 cm³/mol. The molecule has 0 aromatic heterocycles. The van der Waals surface area contributed by atoms with E-state index in [9.17, 15) is 22.4 Å². The fourth-order valence-electron chi connectivity index (χ4n) is 2.37. The molecule has 2 rings (SSSR count). The second-order valence-electron chi connectivity index (χ2n) is 7.64. The number of ether oxygens (including phenoxy) is 1. The molecule has 166 valence electrons. The minimum Gasteiger partial charge on any atom is -0.444 e. The maximum Gasteiger partial charge on any atom is 0.412 e. The van der Waals surface area contributed by atoms with Crippen LogP contribution in [0.15, 0.2) is 48.5 Å². The molecule has 31 heavy (non-hydrogen) atoms. The molecule has 0 spiro atoms.